The Bertz CT molecular complexity index is 534. The van der Waals surface area contributed by atoms with E-state index in [0.717, 1.165) is 17.1 Å². The molecule has 0 amide bonds. The molecule has 1 atom stereocenters. The van der Waals surface area contributed by atoms with Gasteiger partial charge >= 0.3 is 0 Å². The van der Waals surface area contributed by atoms with E-state index in [0.29, 0.717) is 0 Å². The summed E-state index contributed by atoms with van der Waals surface area (Å²) in [6, 6.07) is 6.58. The Kier molecular flexibility index (Phi) is 4.11. The van der Waals surface area contributed by atoms with Gasteiger partial charge in [-0.25, -0.2) is 4.98 Å². The van der Waals surface area contributed by atoms with Gasteiger partial charge in [-0.3, -0.25) is 11.3 Å². The Morgan fingerprint density at radius 3 is 2.72 bits per heavy atom. The van der Waals surface area contributed by atoms with Crippen LogP contribution in [0, 0.1) is 20.8 Å². The van der Waals surface area contributed by atoms with Crippen LogP contribution in [0.3, 0.4) is 0 Å². The third-order valence-corrected chi connectivity index (χ3v) is 3.91. The van der Waals surface area contributed by atoms with Gasteiger partial charge in [0, 0.05) is 11.8 Å². The van der Waals surface area contributed by atoms with Gasteiger partial charge in [0.25, 0.3) is 0 Å². The molecule has 1 aromatic carbocycles. The maximum absolute atomic E-state index is 5.70. The predicted octanol–water partition coefficient (Wildman–Crippen LogP) is 2.82. The lowest BCUT2D eigenvalue weighted by atomic mass is 9.96. The summed E-state index contributed by atoms with van der Waals surface area (Å²) in [4.78, 5) is 4.50. The quantitative estimate of drug-likeness (QED) is 0.657. The van der Waals surface area contributed by atoms with E-state index < -0.39 is 0 Å². The van der Waals surface area contributed by atoms with Crippen LogP contribution in [0.4, 0.5) is 0 Å². The first-order valence-electron chi connectivity index (χ1n) is 6.04. The molecule has 18 heavy (non-hydrogen) atoms. The Balaban J connectivity index is 2.25. The number of nitrogens with one attached hydrogen (secondary N) is 1. The molecule has 1 unspecified atom stereocenters. The van der Waals surface area contributed by atoms with Crippen LogP contribution in [0.25, 0.3) is 0 Å². The van der Waals surface area contributed by atoms with Crippen molar-refractivity contribution in [3.05, 3.63) is 51.0 Å². The smallest absolute Gasteiger partial charge is 0.0897 e. The van der Waals surface area contributed by atoms with E-state index in [1.54, 1.807) is 11.3 Å². The molecular weight excluding hydrogens is 242 g/mol. The summed E-state index contributed by atoms with van der Waals surface area (Å²) in [5.74, 6) is 5.70. The largest absolute Gasteiger partial charge is 0.271 e. The molecular formula is C14H19N3S. The molecule has 1 aromatic heterocycles. The third-order valence-electron chi connectivity index (χ3n) is 3.09. The van der Waals surface area contributed by atoms with E-state index in [1.165, 1.54) is 16.7 Å². The van der Waals surface area contributed by atoms with E-state index in [-0.39, 0.29) is 6.04 Å². The van der Waals surface area contributed by atoms with Crippen LogP contribution in [0.5, 0.6) is 0 Å². The van der Waals surface area contributed by atoms with Crippen molar-refractivity contribution in [3.63, 3.8) is 0 Å². The Morgan fingerprint density at radius 2 is 2.11 bits per heavy atom. The lowest BCUT2D eigenvalue weighted by Gasteiger charge is -2.18. The minimum absolute atomic E-state index is 0.117. The van der Waals surface area contributed by atoms with Gasteiger partial charge in [-0.05, 0) is 31.9 Å². The van der Waals surface area contributed by atoms with Gasteiger partial charge in [0.2, 0.25) is 0 Å². The first kappa shape index (κ1) is 13.2. The summed E-state index contributed by atoms with van der Waals surface area (Å²) in [7, 11) is 0. The molecule has 2 aromatic rings. The summed E-state index contributed by atoms with van der Waals surface area (Å²) in [6.45, 7) is 6.24. The van der Waals surface area contributed by atoms with Crippen molar-refractivity contribution in [2.24, 2.45) is 5.84 Å². The zero-order chi connectivity index (χ0) is 13.1. The van der Waals surface area contributed by atoms with Gasteiger partial charge in [-0.2, -0.15) is 0 Å². The number of aromatic nitrogens is 1. The molecule has 4 heteroatoms. The summed E-state index contributed by atoms with van der Waals surface area (Å²) in [6.07, 6.45) is 0.825. The van der Waals surface area contributed by atoms with Crippen LogP contribution in [-0.2, 0) is 6.42 Å². The molecule has 0 saturated carbocycles. The molecule has 0 saturated heterocycles. The van der Waals surface area contributed by atoms with E-state index in [4.69, 9.17) is 5.84 Å². The molecule has 1 heterocycles. The Labute approximate surface area is 112 Å². The number of thiazole rings is 1. The molecule has 0 radical (unpaired) electrons. The number of benzene rings is 1. The highest BCUT2D eigenvalue weighted by Gasteiger charge is 2.14. The predicted molar refractivity (Wildman–Crippen MR) is 76.5 cm³/mol. The molecule has 0 bridgehead atoms. The SMILES string of the molecule is Cc1ccc(C)c(C(Cc2csc(C)n2)NN)c1. The van der Waals surface area contributed by atoms with Crippen LogP contribution in [0.2, 0.25) is 0 Å². The summed E-state index contributed by atoms with van der Waals surface area (Å²) in [5, 5.41) is 3.20. The number of hydrogen-bond donors (Lipinski definition) is 2. The highest BCUT2D eigenvalue weighted by atomic mass is 32.1. The molecule has 0 aliphatic carbocycles. The van der Waals surface area contributed by atoms with Gasteiger partial charge in [0.05, 0.1) is 16.7 Å². The van der Waals surface area contributed by atoms with Gasteiger partial charge < -0.3 is 0 Å². The fourth-order valence-electron chi connectivity index (χ4n) is 2.11. The molecule has 0 aliphatic rings. The number of hydrogen-bond acceptors (Lipinski definition) is 4. The molecule has 96 valence electrons. The second-order valence-electron chi connectivity index (χ2n) is 4.64. The highest BCUT2D eigenvalue weighted by Crippen LogP contribution is 2.23. The molecule has 3 nitrogen and oxygen atoms in total. The Morgan fingerprint density at radius 1 is 1.33 bits per heavy atom. The summed E-state index contributed by atoms with van der Waals surface area (Å²) in [5.41, 5.74) is 7.77. The van der Waals surface area contributed by atoms with Crippen molar-refractivity contribution in [1.82, 2.24) is 10.4 Å². The monoisotopic (exact) mass is 261 g/mol. The standard InChI is InChI=1S/C14H19N3S/c1-9-4-5-10(2)13(6-9)14(17-15)7-12-8-18-11(3)16-12/h4-6,8,14,17H,7,15H2,1-3H3. The van der Waals surface area contributed by atoms with Crippen molar-refractivity contribution in [2.45, 2.75) is 33.2 Å². The number of nitrogens with two attached hydrogens (primary N) is 1. The van der Waals surface area contributed by atoms with E-state index >= 15 is 0 Å². The lowest BCUT2D eigenvalue weighted by Crippen LogP contribution is -2.30. The molecule has 0 aliphatic heterocycles. The molecule has 0 spiro atoms. The topological polar surface area (TPSA) is 50.9 Å². The van der Waals surface area contributed by atoms with Crippen molar-refractivity contribution in [2.75, 3.05) is 0 Å². The minimum atomic E-state index is 0.117. The zero-order valence-corrected chi connectivity index (χ0v) is 11.8. The average molecular weight is 261 g/mol. The maximum Gasteiger partial charge on any atom is 0.0897 e. The first-order chi connectivity index (χ1) is 8.60. The first-order valence-corrected chi connectivity index (χ1v) is 6.92. The average Bonchev–Trinajstić information content (AvgIpc) is 2.75. The van der Waals surface area contributed by atoms with Gasteiger partial charge in [-0.1, -0.05) is 23.8 Å². The van der Waals surface area contributed by atoms with Crippen molar-refractivity contribution in [1.29, 1.82) is 0 Å². The van der Waals surface area contributed by atoms with Gasteiger partial charge in [0.1, 0.15) is 0 Å². The molecule has 0 fully saturated rings. The minimum Gasteiger partial charge on any atom is -0.271 e. The van der Waals surface area contributed by atoms with Crippen LogP contribution in [-0.4, -0.2) is 4.98 Å². The number of nitrogens with zero attached hydrogens (tertiary/aromatic N) is 1. The lowest BCUT2D eigenvalue weighted by molar-refractivity contribution is 0.544. The fraction of sp³-hybridized carbons (Fsp3) is 0.357. The number of rotatable bonds is 4. The molecule has 3 N–H and O–H groups in total. The van der Waals surface area contributed by atoms with Crippen LogP contribution >= 0.6 is 11.3 Å². The second-order valence-corrected chi connectivity index (χ2v) is 5.70. The van der Waals surface area contributed by atoms with Gasteiger partial charge in [0.15, 0.2) is 0 Å². The normalized spacial score (nSPS) is 12.7. The second kappa shape index (κ2) is 5.61. The molecule has 2 rings (SSSR count). The van der Waals surface area contributed by atoms with E-state index in [9.17, 15) is 0 Å². The van der Waals surface area contributed by atoms with Crippen molar-refractivity contribution < 1.29 is 0 Å². The third kappa shape index (κ3) is 2.96. The van der Waals surface area contributed by atoms with Crippen LogP contribution < -0.4 is 11.3 Å². The van der Waals surface area contributed by atoms with Crippen LogP contribution in [0.1, 0.15) is 33.4 Å². The van der Waals surface area contributed by atoms with Crippen molar-refractivity contribution in [3.8, 4) is 0 Å². The van der Waals surface area contributed by atoms with E-state index in [2.05, 4.69) is 47.8 Å². The van der Waals surface area contributed by atoms with Crippen molar-refractivity contribution >= 4 is 11.3 Å². The zero-order valence-electron chi connectivity index (χ0n) is 11.0. The van der Waals surface area contributed by atoms with E-state index in [1.807, 2.05) is 6.92 Å². The summed E-state index contributed by atoms with van der Waals surface area (Å²) < 4.78 is 0. The number of hydrazine groups is 1. The Hall–Kier alpha value is -1.23. The highest BCUT2D eigenvalue weighted by molar-refractivity contribution is 7.09. The van der Waals surface area contributed by atoms with Gasteiger partial charge in [-0.15, -0.1) is 11.3 Å². The number of aryl methyl sites for hydroxylation is 3. The summed E-state index contributed by atoms with van der Waals surface area (Å²) >= 11 is 1.68. The fourth-order valence-corrected chi connectivity index (χ4v) is 2.73. The maximum atomic E-state index is 5.70. The van der Waals surface area contributed by atoms with Crippen LogP contribution in [0.15, 0.2) is 23.6 Å².